The molecule has 15 heavy (non-hydrogen) atoms. The van der Waals surface area contributed by atoms with Gasteiger partial charge in [-0.05, 0) is 48.4 Å². The Morgan fingerprint density at radius 2 is 1.87 bits per heavy atom. The molecule has 0 aliphatic rings. The third-order valence-corrected chi connectivity index (χ3v) is 2.44. The zero-order chi connectivity index (χ0) is 11.0. The van der Waals surface area contributed by atoms with Crippen LogP contribution >= 0.6 is 0 Å². The van der Waals surface area contributed by atoms with Crippen LogP contribution in [0.3, 0.4) is 0 Å². The van der Waals surface area contributed by atoms with Crippen molar-refractivity contribution in [2.75, 3.05) is 5.73 Å². The molecule has 0 aliphatic heterocycles. The van der Waals surface area contributed by atoms with Gasteiger partial charge in [-0.15, -0.1) is 5.10 Å². The van der Waals surface area contributed by atoms with Gasteiger partial charge >= 0.3 is 0 Å². The molecule has 0 bridgehead atoms. The number of aryl methyl sites for hydroxylation is 3. The van der Waals surface area contributed by atoms with E-state index in [9.17, 15) is 0 Å². The maximum Gasteiger partial charge on any atom is 0.153 e. The fourth-order valence-electron chi connectivity index (χ4n) is 1.54. The fourth-order valence-corrected chi connectivity index (χ4v) is 1.54. The molecule has 5 nitrogen and oxygen atoms in total. The molecule has 1 heterocycles. The maximum absolute atomic E-state index is 5.86. The standard InChI is InChI=1S/C10H13N5/c1-6-4-7(2)10(5-9(6)11)15-8(3)12-13-14-15/h4-5H,11H2,1-3H3. The van der Waals surface area contributed by atoms with E-state index < -0.39 is 0 Å². The lowest BCUT2D eigenvalue weighted by Gasteiger charge is -2.09. The molecule has 0 aliphatic carbocycles. The smallest absolute Gasteiger partial charge is 0.153 e. The first kappa shape index (κ1) is 9.64. The molecule has 1 aromatic heterocycles. The highest BCUT2D eigenvalue weighted by atomic mass is 15.5. The number of nitrogen functional groups attached to an aromatic ring is 1. The van der Waals surface area contributed by atoms with Crippen molar-refractivity contribution < 1.29 is 0 Å². The van der Waals surface area contributed by atoms with Gasteiger partial charge in [0.2, 0.25) is 0 Å². The van der Waals surface area contributed by atoms with Gasteiger partial charge in [0.05, 0.1) is 5.69 Å². The van der Waals surface area contributed by atoms with E-state index in [1.165, 1.54) is 0 Å². The van der Waals surface area contributed by atoms with Crippen LogP contribution < -0.4 is 5.73 Å². The Balaban J connectivity index is 2.64. The Labute approximate surface area is 87.9 Å². The Kier molecular flexibility index (Phi) is 2.15. The zero-order valence-corrected chi connectivity index (χ0v) is 9.02. The summed E-state index contributed by atoms with van der Waals surface area (Å²) in [5.41, 5.74) is 9.73. The van der Waals surface area contributed by atoms with Crippen molar-refractivity contribution in [3.05, 3.63) is 29.1 Å². The summed E-state index contributed by atoms with van der Waals surface area (Å²) in [7, 11) is 0. The molecular weight excluding hydrogens is 190 g/mol. The van der Waals surface area contributed by atoms with Gasteiger partial charge in [0.25, 0.3) is 0 Å². The summed E-state index contributed by atoms with van der Waals surface area (Å²) in [5.74, 6) is 0.751. The van der Waals surface area contributed by atoms with Gasteiger partial charge < -0.3 is 5.73 Å². The number of anilines is 1. The second kappa shape index (κ2) is 3.34. The molecule has 0 radical (unpaired) electrons. The minimum absolute atomic E-state index is 0.751. The van der Waals surface area contributed by atoms with Gasteiger partial charge in [0.1, 0.15) is 0 Å². The lowest BCUT2D eigenvalue weighted by Crippen LogP contribution is -2.04. The third-order valence-electron chi connectivity index (χ3n) is 2.44. The lowest BCUT2D eigenvalue weighted by molar-refractivity contribution is 0.775. The number of nitrogens with two attached hydrogens (primary N) is 1. The molecular formula is C10H13N5. The summed E-state index contributed by atoms with van der Waals surface area (Å²) in [4.78, 5) is 0. The highest BCUT2D eigenvalue weighted by molar-refractivity contribution is 5.57. The van der Waals surface area contributed by atoms with Crippen molar-refractivity contribution in [2.45, 2.75) is 20.8 Å². The molecule has 78 valence electrons. The minimum Gasteiger partial charge on any atom is -0.398 e. The number of hydrogen-bond acceptors (Lipinski definition) is 4. The van der Waals surface area contributed by atoms with E-state index in [2.05, 4.69) is 15.5 Å². The Bertz CT molecular complexity index is 501. The van der Waals surface area contributed by atoms with Gasteiger partial charge in [0, 0.05) is 5.69 Å². The summed E-state index contributed by atoms with van der Waals surface area (Å²) in [5, 5.41) is 11.4. The summed E-state index contributed by atoms with van der Waals surface area (Å²) >= 11 is 0. The van der Waals surface area contributed by atoms with Crippen molar-refractivity contribution >= 4 is 5.69 Å². The van der Waals surface area contributed by atoms with Crippen molar-refractivity contribution in [3.63, 3.8) is 0 Å². The highest BCUT2D eigenvalue weighted by Crippen LogP contribution is 2.20. The second-order valence-electron chi connectivity index (χ2n) is 3.63. The molecule has 0 saturated heterocycles. The third kappa shape index (κ3) is 1.56. The van der Waals surface area contributed by atoms with E-state index in [4.69, 9.17) is 5.73 Å². The average Bonchev–Trinajstić information content (AvgIpc) is 2.58. The van der Waals surface area contributed by atoms with E-state index in [0.717, 1.165) is 28.3 Å². The van der Waals surface area contributed by atoms with Crippen LogP contribution in [0.5, 0.6) is 0 Å². The first-order valence-corrected chi connectivity index (χ1v) is 4.71. The largest absolute Gasteiger partial charge is 0.398 e. The predicted octanol–water partition coefficient (Wildman–Crippen LogP) is 1.17. The number of rotatable bonds is 1. The van der Waals surface area contributed by atoms with Gasteiger partial charge in [-0.3, -0.25) is 0 Å². The van der Waals surface area contributed by atoms with Gasteiger partial charge in [-0.1, -0.05) is 6.07 Å². The van der Waals surface area contributed by atoms with E-state index in [-0.39, 0.29) is 0 Å². The van der Waals surface area contributed by atoms with Gasteiger partial charge in [-0.25, -0.2) is 0 Å². The Hall–Kier alpha value is -1.91. The van der Waals surface area contributed by atoms with E-state index in [1.54, 1.807) is 4.68 Å². The quantitative estimate of drug-likeness (QED) is 0.706. The molecule has 2 aromatic rings. The van der Waals surface area contributed by atoms with E-state index >= 15 is 0 Å². The first-order valence-electron chi connectivity index (χ1n) is 4.71. The van der Waals surface area contributed by atoms with Gasteiger partial charge in [-0.2, -0.15) is 4.68 Å². The summed E-state index contributed by atoms with van der Waals surface area (Å²) in [6.45, 7) is 5.86. The SMILES string of the molecule is Cc1cc(C)c(-n2nnnc2C)cc1N. The van der Waals surface area contributed by atoms with Crippen LogP contribution in [0.4, 0.5) is 5.69 Å². The number of hydrogen-bond donors (Lipinski definition) is 1. The maximum atomic E-state index is 5.86. The monoisotopic (exact) mass is 203 g/mol. The van der Waals surface area contributed by atoms with Crippen molar-refractivity contribution in [1.82, 2.24) is 20.2 Å². The van der Waals surface area contributed by atoms with Gasteiger partial charge in [0.15, 0.2) is 5.82 Å². The normalized spacial score (nSPS) is 10.6. The molecule has 2 rings (SSSR count). The Morgan fingerprint density at radius 3 is 2.47 bits per heavy atom. The molecule has 0 fully saturated rings. The number of aromatic nitrogens is 4. The molecule has 2 N–H and O–H groups in total. The summed E-state index contributed by atoms with van der Waals surface area (Å²) in [6, 6.07) is 3.93. The topological polar surface area (TPSA) is 69.6 Å². The number of nitrogens with zero attached hydrogens (tertiary/aromatic N) is 4. The summed E-state index contributed by atoms with van der Waals surface area (Å²) in [6.07, 6.45) is 0. The predicted molar refractivity (Wildman–Crippen MR) is 57.8 cm³/mol. The second-order valence-corrected chi connectivity index (χ2v) is 3.63. The van der Waals surface area contributed by atoms with Crippen LogP contribution in [0, 0.1) is 20.8 Å². The molecule has 5 heteroatoms. The van der Waals surface area contributed by atoms with Crippen molar-refractivity contribution in [3.8, 4) is 5.69 Å². The molecule has 0 saturated carbocycles. The van der Waals surface area contributed by atoms with E-state index in [1.807, 2.05) is 32.9 Å². The number of tetrazole rings is 1. The van der Waals surface area contributed by atoms with Crippen LogP contribution in [-0.2, 0) is 0 Å². The van der Waals surface area contributed by atoms with Crippen LogP contribution in [0.2, 0.25) is 0 Å². The van der Waals surface area contributed by atoms with E-state index in [0.29, 0.717) is 0 Å². The van der Waals surface area contributed by atoms with Crippen LogP contribution in [0.25, 0.3) is 5.69 Å². The lowest BCUT2D eigenvalue weighted by atomic mass is 10.1. The minimum atomic E-state index is 0.751. The van der Waals surface area contributed by atoms with Crippen LogP contribution in [-0.4, -0.2) is 20.2 Å². The fraction of sp³-hybridized carbons (Fsp3) is 0.300. The molecule has 0 unspecified atom stereocenters. The molecule has 0 amide bonds. The first-order chi connectivity index (χ1) is 7.09. The van der Waals surface area contributed by atoms with Crippen LogP contribution in [0.15, 0.2) is 12.1 Å². The molecule has 0 atom stereocenters. The average molecular weight is 203 g/mol. The summed E-state index contributed by atoms with van der Waals surface area (Å²) < 4.78 is 1.69. The molecule has 0 spiro atoms. The molecule has 1 aromatic carbocycles. The van der Waals surface area contributed by atoms with Crippen molar-refractivity contribution in [2.24, 2.45) is 0 Å². The highest BCUT2D eigenvalue weighted by Gasteiger charge is 2.08. The number of benzene rings is 1. The Morgan fingerprint density at radius 1 is 1.13 bits per heavy atom. The van der Waals surface area contributed by atoms with Crippen molar-refractivity contribution in [1.29, 1.82) is 0 Å². The zero-order valence-electron chi connectivity index (χ0n) is 9.02. The van der Waals surface area contributed by atoms with Crippen LogP contribution in [0.1, 0.15) is 17.0 Å².